The van der Waals surface area contributed by atoms with Gasteiger partial charge in [0.25, 0.3) is 0 Å². The van der Waals surface area contributed by atoms with Crippen molar-refractivity contribution < 1.29 is 0 Å². The van der Waals surface area contributed by atoms with Crippen molar-refractivity contribution in [2.45, 2.75) is 96.6 Å². The average molecular weight is 242 g/mol. The van der Waals surface area contributed by atoms with Crippen molar-refractivity contribution in [2.24, 2.45) is 11.5 Å². The van der Waals surface area contributed by atoms with Gasteiger partial charge in [-0.25, -0.2) is 0 Å². The predicted molar refractivity (Wildman–Crippen MR) is 78.1 cm³/mol. The van der Waals surface area contributed by atoms with Gasteiger partial charge in [0.05, 0.1) is 0 Å². The van der Waals surface area contributed by atoms with Gasteiger partial charge in [0.2, 0.25) is 0 Å². The fraction of sp³-hybridized carbons (Fsp3) is 1.00. The molecule has 2 unspecified atom stereocenters. The van der Waals surface area contributed by atoms with E-state index in [1.54, 1.807) is 0 Å². The first-order chi connectivity index (χ1) is 8.20. The van der Waals surface area contributed by atoms with Crippen LogP contribution >= 0.6 is 0 Å². The maximum Gasteiger partial charge on any atom is 0.00388 e. The molecule has 0 aliphatic carbocycles. The molecule has 0 saturated carbocycles. The quantitative estimate of drug-likeness (QED) is 0.509. The Balaban J connectivity index is 3.22. The second-order valence-electron chi connectivity index (χ2n) is 5.44. The summed E-state index contributed by atoms with van der Waals surface area (Å²) in [7, 11) is 0. The molecule has 2 heteroatoms. The summed E-state index contributed by atoms with van der Waals surface area (Å²) >= 11 is 0. The van der Waals surface area contributed by atoms with Gasteiger partial charge in [0.15, 0.2) is 0 Å². The first-order valence-corrected chi connectivity index (χ1v) is 7.71. The third kappa shape index (κ3) is 12.2. The summed E-state index contributed by atoms with van der Waals surface area (Å²) < 4.78 is 0. The fourth-order valence-corrected chi connectivity index (χ4v) is 2.21. The molecule has 0 spiro atoms. The minimum absolute atomic E-state index is 0.434. The van der Waals surface area contributed by atoms with Gasteiger partial charge in [-0.1, -0.05) is 58.8 Å². The molecule has 0 aromatic heterocycles. The second kappa shape index (κ2) is 12.4. The van der Waals surface area contributed by atoms with Crippen molar-refractivity contribution >= 4 is 0 Å². The van der Waals surface area contributed by atoms with Crippen molar-refractivity contribution in [3.05, 3.63) is 0 Å². The van der Waals surface area contributed by atoms with Gasteiger partial charge >= 0.3 is 0 Å². The third-order valence-electron chi connectivity index (χ3n) is 3.51. The molecule has 0 aromatic carbocycles. The number of nitrogens with two attached hydrogens (primary N) is 2. The van der Waals surface area contributed by atoms with Gasteiger partial charge < -0.3 is 11.5 Å². The molecule has 0 fully saturated rings. The summed E-state index contributed by atoms with van der Waals surface area (Å²) in [5, 5.41) is 0. The maximum absolute atomic E-state index is 6.04. The van der Waals surface area contributed by atoms with E-state index < -0.39 is 0 Å². The summed E-state index contributed by atoms with van der Waals surface area (Å²) in [6.07, 6.45) is 13.8. The Morgan fingerprint density at radius 2 is 0.941 bits per heavy atom. The van der Waals surface area contributed by atoms with Crippen molar-refractivity contribution in [2.75, 3.05) is 0 Å². The SMILES string of the molecule is CCCCC(N)CCCCCC(N)CCCC. The molecular weight excluding hydrogens is 208 g/mol. The van der Waals surface area contributed by atoms with E-state index in [9.17, 15) is 0 Å². The van der Waals surface area contributed by atoms with E-state index in [2.05, 4.69) is 13.8 Å². The summed E-state index contributed by atoms with van der Waals surface area (Å²) in [6.45, 7) is 4.45. The number of hydrogen-bond acceptors (Lipinski definition) is 2. The van der Waals surface area contributed by atoms with Crippen LogP contribution in [0.4, 0.5) is 0 Å². The Morgan fingerprint density at radius 3 is 1.29 bits per heavy atom. The molecule has 0 radical (unpaired) electrons. The molecule has 0 aliphatic rings. The lowest BCUT2D eigenvalue weighted by Crippen LogP contribution is -2.20. The highest BCUT2D eigenvalue weighted by Gasteiger charge is 2.03. The van der Waals surface area contributed by atoms with Crippen molar-refractivity contribution in [3.8, 4) is 0 Å². The lowest BCUT2D eigenvalue weighted by molar-refractivity contribution is 0.474. The molecule has 0 amide bonds. The van der Waals surface area contributed by atoms with Crippen LogP contribution in [0.2, 0.25) is 0 Å². The van der Waals surface area contributed by atoms with Crippen LogP contribution in [-0.4, -0.2) is 12.1 Å². The van der Waals surface area contributed by atoms with E-state index in [1.165, 1.54) is 70.6 Å². The molecule has 17 heavy (non-hydrogen) atoms. The van der Waals surface area contributed by atoms with Crippen LogP contribution in [0.5, 0.6) is 0 Å². The lowest BCUT2D eigenvalue weighted by atomic mass is 10.0. The van der Waals surface area contributed by atoms with E-state index in [1.807, 2.05) is 0 Å². The predicted octanol–water partition coefficient (Wildman–Crippen LogP) is 3.97. The Hall–Kier alpha value is -0.0800. The Bertz CT molecular complexity index is 132. The van der Waals surface area contributed by atoms with E-state index in [0.717, 1.165) is 0 Å². The topological polar surface area (TPSA) is 52.0 Å². The summed E-state index contributed by atoms with van der Waals surface area (Å²) in [5.41, 5.74) is 12.1. The second-order valence-corrected chi connectivity index (χ2v) is 5.44. The molecule has 0 aliphatic heterocycles. The van der Waals surface area contributed by atoms with Gasteiger partial charge in [-0.2, -0.15) is 0 Å². The summed E-state index contributed by atoms with van der Waals surface area (Å²) in [4.78, 5) is 0. The van der Waals surface area contributed by atoms with Gasteiger partial charge in [-0.15, -0.1) is 0 Å². The maximum atomic E-state index is 6.04. The summed E-state index contributed by atoms with van der Waals surface area (Å²) in [6, 6.07) is 0.868. The number of hydrogen-bond donors (Lipinski definition) is 2. The molecule has 0 heterocycles. The molecule has 0 bridgehead atoms. The first kappa shape index (κ1) is 16.9. The molecule has 104 valence electrons. The number of unbranched alkanes of at least 4 members (excludes halogenated alkanes) is 4. The lowest BCUT2D eigenvalue weighted by Gasteiger charge is -2.12. The number of rotatable bonds is 12. The zero-order valence-electron chi connectivity index (χ0n) is 12.1. The van der Waals surface area contributed by atoms with E-state index in [4.69, 9.17) is 11.5 Å². The highest BCUT2D eigenvalue weighted by molar-refractivity contribution is 4.64. The molecule has 0 aromatic rings. The monoisotopic (exact) mass is 242 g/mol. The van der Waals surface area contributed by atoms with Crippen LogP contribution in [0, 0.1) is 0 Å². The van der Waals surface area contributed by atoms with Crippen molar-refractivity contribution in [3.63, 3.8) is 0 Å². The van der Waals surface area contributed by atoms with E-state index in [-0.39, 0.29) is 0 Å². The van der Waals surface area contributed by atoms with Gasteiger partial charge in [0, 0.05) is 12.1 Å². The smallest absolute Gasteiger partial charge is 0.00388 e. The fourth-order valence-electron chi connectivity index (χ4n) is 2.21. The molecule has 2 nitrogen and oxygen atoms in total. The zero-order valence-corrected chi connectivity index (χ0v) is 12.1. The van der Waals surface area contributed by atoms with Gasteiger partial charge in [0.1, 0.15) is 0 Å². The Morgan fingerprint density at radius 1 is 0.588 bits per heavy atom. The van der Waals surface area contributed by atoms with Crippen molar-refractivity contribution in [1.82, 2.24) is 0 Å². The van der Waals surface area contributed by atoms with Gasteiger partial charge in [-0.3, -0.25) is 0 Å². The van der Waals surface area contributed by atoms with Gasteiger partial charge in [-0.05, 0) is 25.7 Å². The Kier molecular flexibility index (Phi) is 12.3. The van der Waals surface area contributed by atoms with Crippen LogP contribution in [-0.2, 0) is 0 Å². The third-order valence-corrected chi connectivity index (χ3v) is 3.51. The van der Waals surface area contributed by atoms with Crippen LogP contribution in [0.1, 0.15) is 84.5 Å². The minimum atomic E-state index is 0.434. The first-order valence-electron chi connectivity index (χ1n) is 7.71. The van der Waals surface area contributed by atoms with Crippen LogP contribution in [0.3, 0.4) is 0 Å². The van der Waals surface area contributed by atoms with Crippen LogP contribution < -0.4 is 11.5 Å². The van der Waals surface area contributed by atoms with Crippen LogP contribution in [0.25, 0.3) is 0 Å². The largest absolute Gasteiger partial charge is 0.328 e. The molecule has 0 saturated heterocycles. The Labute approximate surface area is 109 Å². The highest BCUT2D eigenvalue weighted by atomic mass is 14.6. The zero-order chi connectivity index (χ0) is 12.9. The molecule has 2 atom stereocenters. The normalized spacial score (nSPS) is 14.8. The summed E-state index contributed by atoms with van der Waals surface area (Å²) in [5.74, 6) is 0. The highest BCUT2D eigenvalue weighted by Crippen LogP contribution is 2.11. The standard InChI is InChI=1S/C15H34N2/c1-3-5-10-14(16)12-8-7-9-13-15(17)11-6-4-2/h14-15H,3-13,16-17H2,1-2H3. The molecule has 4 N–H and O–H groups in total. The minimum Gasteiger partial charge on any atom is -0.328 e. The average Bonchev–Trinajstić information content (AvgIpc) is 2.33. The molecular formula is C15H34N2. The van der Waals surface area contributed by atoms with Crippen LogP contribution in [0.15, 0.2) is 0 Å². The molecule has 0 rings (SSSR count). The van der Waals surface area contributed by atoms with E-state index >= 15 is 0 Å². The van der Waals surface area contributed by atoms with Crippen molar-refractivity contribution in [1.29, 1.82) is 0 Å². The van der Waals surface area contributed by atoms with E-state index in [0.29, 0.717) is 12.1 Å².